The molecule has 76 valence electrons. The highest BCUT2D eigenvalue weighted by Crippen LogP contribution is 2.21. The van der Waals surface area contributed by atoms with Gasteiger partial charge in [0.05, 0.1) is 10.4 Å². The van der Waals surface area contributed by atoms with Crippen LogP contribution < -0.4 is 5.32 Å². The van der Waals surface area contributed by atoms with Crippen molar-refractivity contribution in [1.82, 2.24) is 5.32 Å². The molecule has 14 heavy (non-hydrogen) atoms. The van der Waals surface area contributed by atoms with Gasteiger partial charge in [-0.15, -0.1) is 17.8 Å². The zero-order chi connectivity index (χ0) is 10.4. The van der Waals surface area contributed by atoms with Crippen LogP contribution in [0.3, 0.4) is 0 Å². The highest BCUT2D eigenvalue weighted by atomic mass is 35.5. The summed E-state index contributed by atoms with van der Waals surface area (Å²) in [5.74, 6) is 2.74. The Labute approximate surface area is 94.5 Å². The van der Waals surface area contributed by atoms with Gasteiger partial charge in [0.15, 0.2) is 0 Å². The molecule has 0 saturated heterocycles. The van der Waals surface area contributed by atoms with E-state index in [1.54, 1.807) is 11.3 Å². The number of hydrogen-bond donors (Lipinski definition) is 1. The third kappa shape index (κ3) is 3.71. The second-order valence-electron chi connectivity index (χ2n) is 3.09. The molecule has 0 aliphatic rings. The highest BCUT2D eigenvalue weighted by Gasteiger charge is 2.03. The Morgan fingerprint density at radius 3 is 2.93 bits per heavy atom. The third-order valence-electron chi connectivity index (χ3n) is 1.93. The fraction of sp³-hybridized carbons (Fsp3) is 0.455. The van der Waals surface area contributed by atoms with E-state index < -0.39 is 0 Å². The predicted octanol–water partition coefficient (Wildman–Crippen LogP) is 3.29. The maximum atomic E-state index is 5.82. The van der Waals surface area contributed by atoms with Crippen LogP contribution >= 0.6 is 22.9 Å². The zero-order valence-corrected chi connectivity index (χ0v) is 9.79. The van der Waals surface area contributed by atoms with Crippen LogP contribution in [0.1, 0.15) is 24.6 Å². The molecule has 0 aliphatic heterocycles. The second kappa shape index (κ2) is 6.08. The Bertz CT molecular complexity index is 313. The minimum absolute atomic E-state index is 0.181. The van der Waals surface area contributed by atoms with Gasteiger partial charge in [-0.2, -0.15) is 0 Å². The van der Waals surface area contributed by atoms with Crippen LogP contribution in [0.25, 0.3) is 0 Å². The van der Waals surface area contributed by atoms with E-state index in [0.717, 1.165) is 23.7 Å². The molecule has 0 fully saturated rings. The van der Waals surface area contributed by atoms with Gasteiger partial charge < -0.3 is 0 Å². The van der Waals surface area contributed by atoms with E-state index in [4.69, 9.17) is 18.0 Å². The molecule has 1 unspecified atom stereocenters. The maximum absolute atomic E-state index is 5.82. The predicted molar refractivity (Wildman–Crippen MR) is 63.7 cm³/mol. The zero-order valence-electron chi connectivity index (χ0n) is 8.22. The first kappa shape index (κ1) is 11.6. The molecule has 0 radical (unpaired) electrons. The Balaban J connectivity index is 2.36. The molecule has 1 rings (SSSR count). The van der Waals surface area contributed by atoms with Gasteiger partial charge in [0.25, 0.3) is 0 Å². The van der Waals surface area contributed by atoms with Crippen molar-refractivity contribution in [1.29, 1.82) is 0 Å². The van der Waals surface area contributed by atoms with Gasteiger partial charge in [-0.1, -0.05) is 30.9 Å². The van der Waals surface area contributed by atoms with Gasteiger partial charge in [-0.05, 0) is 18.6 Å². The average molecular weight is 228 g/mol. The molecule has 1 N–H and O–H groups in total. The molecule has 1 aromatic heterocycles. The van der Waals surface area contributed by atoms with Gasteiger partial charge in [0.2, 0.25) is 0 Å². The summed E-state index contributed by atoms with van der Waals surface area (Å²) >= 11 is 7.41. The summed E-state index contributed by atoms with van der Waals surface area (Å²) in [4.78, 5) is 1.23. The smallest absolute Gasteiger partial charge is 0.0931 e. The Morgan fingerprint density at radius 2 is 2.43 bits per heavy atom. The van der Waals surface area contributed by atoms with Crippen molar-refractivity contribution in [2.75, 3.05) is 0 Å². The van der Waals surface area contributed by atoms with Crippen molar-refractivity contribution >= 4 is 22.9 Å². The summed E-state index contributed by atoms with van der Waals surface area (Å²) in [7, 11) is 0. The Morgan fingerprint density at radius 1 is 1.64 bits per heavy atom. The van der Waals surface area contributed by atoms with Crippen molar-refractivity contribution in [3.63, 3.8) is 0 Å². The summed E-state index contributed by atoms with van der Waals surface area (Å²) in [6, 6.07) is 4.12. The largest absolute Gasteiger partial charge is 0.299 e. The van der Waals surface area contributed by atoms with E-state index in [1.807, 2.05) is 12.1 Å². The minimum atomic E-state index is 0.181. The Kier molecular flexibility index (Phi) is 5.03. The van der Waals surface area contributed by atoms with E-state index in [9.17, 15) is 0 Å². The van der Waals surface area contributed by atoms with Crippen molar-refractivity contribution in [3.8, 4) is 12.3 Å². The standard InChI is InChI=1S/C11H14ClNS/c1-3-5-9(4-2)13-8-10-6-7-11(12)14-10/h2,6-7,9,13H,3,5,8H2,1H3. The van der Waals surface area contributed by atoms with Gasteiger partial charge in [-0.25, -0.2) is 0 Å². The molecular formula is C11H14ClNS. The monoisotopic (exact) mass is 227 g/mol. The fourth-order valence-corrected chi connectivity index (χ4v) is 2.24. The topological polar surface area (TPSA) is 12.0 Å². The summed E-state index contributed by atoms with van der Waals surface area (Å²) in [6.07, 6.45) is 7.52. The van der Waals surface area contributed by atoms with Crippen LogP contribution in [0.15, 0.2) is 12.1 Å². The first-order valence-electron chi connectivity index (χ1n) is 4.70. The normalized spacial score (nSPS) is 12.4. The molecule has 0 amide bonds. The molecule has 0 aliphatic carbocycles. The molecule has 0 aromatic carbocycles. The van der Waals surface area contributed by atoms with E-state index in [1.165, 1.54) is 4.88 Å². The second-order valence-corrected chi connectivity index (χ2v) is 4.89. The van der Waals surface area contributed by atoms with Crippen molar-refractivity contribution in [2.45, 2.75) is 32.4 Å². The summed E-state index contributed by atoms with van der Waals surface area (Å²) in [5, 5.41) is 3.32. The molecule has 0 bridgehead atoms. The minimum Gasteiger partial charge on any atom is -0.299 e. The molecule has 1 nitrogen and oxygen atoms in total. The lowest BCUT2D eigenvalue weighted by Crippen LogP contribution is -2.26. The van der Waals surface area contributed by atoms with Crippen molar-refractivity contribution < 1.29 is 0 Å². The number of hydrogen-bond acceptors (Lipinski definition) is 2. The van der Waals surface area contributed by atoms with E-state index >= 15 is 0 Å². The molecular weight excluding hydrogens is 214 g/mol. The summed E-state index contributed by atoms with van der Waals surface area (Å²) in [6.45, 7) is 2.94. The van der Waals surface area contributed by atoms with Crippen LogP contribution in [-0.4, -0.2) is 6.04 Å². The molecule has 1 aromatic rings. The maximum Gasteiger partial charge on any atom is 0.0931 e. The lowest BCUT2D eigenvalue weighted by Gasteiger charge is -2.10. The SMILES string of the molecule is C#CC(CCC)NCc1ccc(Cl)s1. The molecule has 0 spiro atoms. The van der Waals surface area contributed by atoms with E-state index in [2.05, 4.69) is 18.2 Å². The quantitative estimate of drug-likeness (QED) is 0.762. The van der Waals surface area contributed by atoms with Gasteiger partial charge in [0, 0.05) is 11.4 Å². The first-order chi connectivity index (χ1) is 6.76. The molecule has 1 heterocycles. The first-order valence-corrected chi connectivity index (χ1v) is 5.89. The summed E-state index contributed by atoms with van der Waals surface area (Å²) < 4.78 is 0.828. The average Bonchev–Trinajstić information content (AvgIpc) is 2.59. The van der Waals surface area contributed by atoms with Crippen LogP contribution in [0.5, 0.6) is 0 Å². The van der Waals surface area contributed by atoms with Gasteiger partial charge >= 0.3 is 0 Å². The highest BCUT2D eigenvalue weighted by molar-refractivity contribution is 7.16. The lowest BCUT2D eigenvalue weighted by molar-refractivity contribution is 0.566. The number of halogens is 1. The van der Waals surface area contributed by atoms with Crippen LogP contribution in [0.2, 0.25) is 4.34 Å². The molecule has 3 heteroatoms. The van der Waals surface area contributed by atoms with Crippen molar-refractivity contribution in [3.05, 3.63) is 21.3 Å². The number of nitrogens with one attached hydrogen (secondary N) is 1. The van der Waals surface area contributed by atoms with E-state index in [-0.39, 0.29) is 6.04 Å². The number of terminal acetylenes is 1. The fourth-order valence-electron chi connectivity index (χ4n) is 1.20. The van der Waals surface area contributed by atoms with E-state index in [0.29, 0.717) is 0 Å². The van der Waals surface area contributed by atoms with Gasteiger partial charge in [0.1, 0.15) is 0 Å². The number of thiophene rings is 1. The van der Waals surface area contributed by atoms with Crippen LogP contribution in [-0.2, 0) is 6.54 Å². The lowest BCUT2D eigenvalue weighted by atomic mass is 10.2. The van der Waals surface area contributed by atoms with Gasteiger partial charge in [-0.3, -0.25) is 5.32 Å². The summed E-state index contributed by atoms with van der Waals surface area (Å²) in [5.41, 5.74) is 0. The molecule has 0 saturated carbocycles. The Hall–Kier alpha value is -0.490. The van der Waals surface area contributed by atoms with Crippen LogP contribution in [0, 0.1) is 12.3 Å². The third-order valence-corrected chi connectivity index (χ3v) is 3.16. The van der Waals surface area contributed by atoms with Crippen LogP contribution in [0.4, 0.5) is 0 Å². The number of rotatable bonds is 5. The van der Waals surface area contributed by atoms with Crippen molar-refractivity contribution in [2.24, 2.45) is 0 Å². The molecule has 1 atom stereocenters.